The van der Waals surface area contributed by atoms with Crippen molar-refractivity contribution in [1.82, 2.24) is 4.98 Å². The number of amides is 1. The van der Waals surface area contributed by atoms with Crippen LogP contribution in [0.15, 0.2) is 99.8 Å². The zero-order valence-corrected chi connectivity index (χ0v) is 17.4. The van der Waals surface area contributed by atoms with Gasteiger partial charge in [-0.05, 0) is 55.0 Å². The van der Waals surface area contributed by atoms with Crippen molar-refractivity contribution in [2.24, 2.45) is 0 Å². The predicted octanol–water partition coefficient (Wildman–Crippen LogP) is 6.72. The molecule has 1 N–H and O–H groups in total. The lowest BCUT2D eigenvalue weighted by Gasteiger charge is -2.07. The van der Waals surface area contributed by atoms with E-state index in [-0.39, 0.29) is 5.91 Å². The molecule has 5 rings (SSSR count). The number of aryl methyl sites for hydroxylation is 1. The van der Waals surface area contributed by atoms with Crippen molar-refractivity contribution in [1.29, 1.82) is 0 Å². The number of nitrogens with one attached hydrogen (secondary N) is 1. The SMILES string of the molecule is Cc1ccc(-c2nc3ccccc3o2)cc1NC(=O)/C=C/c1ccc(-c2ccccc2)o1. The van der Waals surface area contributed by atoms with Gasteiger partial charge in [0, 0.05) is 22.9 Å². The normalized spacial score (nSPS) is 11.3. The van der Waals surface area contributed by atoms with Gasteiger partial charge in [0.05, 0.1) is 0 Å². The lowest BCUT2D eigenvalue weighted by molar-refractivity contribution is -0.111. The highest BCUT2D eigenvalue weighted by Crippen LogP contribution is 2.28. The Labute approximate surface area is 185 Å². The van der Waals surface area contributed by atoms with Crippen LogP contribution in [0.1, 0.15) is 11.3 Å². The van der Waals surface area contributed by atoms with E-state index in [0.717, 1.165) is 33.6 Å². The second kappa shape index (κ2) is 8.40. The molecule has 0 fully saturated rings. The van der Waals surface area contributed by atoms with E-state index >= 15 is 0 Å². The van der Waals surface area contributed by atoms with Gasteiger partial charge in [-0.1, -0.05) is 48.5 Å². The van der Waals surface area contributed by atoms with Crippen LogP contribution in [-0.2, 0) is 4.79 Å². The van der Waals surface area contributed by atoms with Gasteiger partial charge in [0.2, 0.25) is 11.8 Å². The molecule has 3 aromatic carbocycles. The van der Waals surface area contributed by atoms with Crippen molar-refractivity contribution in [2.75, 3.05) is 5.32 Å². The summed E-state index contributed by atoms with van der Waals surface area (Å²) in [5, 5.41) is 2.93. The molecule has 0 saturated carbocycles. The molecule has 0 atom stereocenters. The van der Waals surface area contributed by atoms with Gasteiger partial charge in [-0.2, -0.15) is 0 Å². The Morgan fingerprint density at radius 1 is 0.875 bits per heavy atom. The molecule has 0 aliphatic heterocycles. The van der Waals surface area contributed by atoms with Crippen LogP contribution in [-0.4, -0.2) is 10.9 Å². The monoisotopic (exact) mass is 420 g/mol. The quantitative estimate of drug-likeness (QED) is 0.321. The summed E-state index contributed by atoms with van der Waals surface area (Å²) in [6.07, 6.45) is 3.11. The number of aromatic nitrogens is 1. The van der Waals surface area contributed by atoms with E-state index in [9.17, 15) is 4.79 Å². The lowest BCUT2D eigenvalue weighted by Crippen LogP contribution is -2.09. The molecule has 0 unspecified atom stereocenters. The minimum Gasteiger partial charge on any atom is -0.457 e. The first-order valence-corrected chi connectivity index (χ1v) is 10.3. The van der Waals surface area contributed by atoms with Crippen LogP contribution in [0.2, 0.25) is 0 Å². The lowest BCUT2D eigenvalue weighted by atomic mass is 10.1. The molecule has 0 aliphatic carbocycles. The molecule has 5 aromatic rings. The number of carbonyl (C=O) groups excluding carboxylic acids is 1. The van der Waals surface area contributed by atoms with Crippen molar-refractivity contribution in [3.8, 4) is 22.8 Å². The van der Waals surface area contributed by atoms with E-state index in [1.807, 2.05) is 91.9 Å². The summed E-state index contributed by atoms with van der Waals surface area (Å²) < 4.78 is 11.7. The molecule has 0 spiro atoms. The summed E-state index contributed by atoms with van der Waals surface area (Å²) in [5.41, 5.74) is 4.95. The molecule has 2 heterocycles. The number of benzene rings is 3. The number of oxazole rings is 1. The maximum Gasteiger partial charge on any atom is 0.248 e. The van der Waals surface area contributed by atoms with Crippen LogP contribution in [0.3, 0.4) is 0 Å². The summed E-state index contributed by atoms with van der Waals surface area (Å²) >= 11 is 0. The number of carbonyl (C=O) groups is 1. The highest BCUT2D eigenvalue weighted by molar-refractivity contribution is 6.02. The summed E-state index contributed by atoms with van der Waals surface area (Å²) in [4.78, 5) is 17.1. The number of hydrogen-bond donors (Lipinski definition) is 1. The molecular formula is C27H20N2O3. The number of rotatable bonds is 5. The molecule has 0 aliphatic rings. The van der Waals surface area contributed by atoms with Crippen LogP contribution >= 0.6 is 0 Å². The Hall–Kier alpha value is -4.38. The summed E-state index contributed by atoms with van der Waals surface area (Å²) in [5.74, 6) is 1.63. The fourth-order valence-corrected chi connectivity index (χ4v) is 3.42. The molecule has 2 aromatic heterocycles. The van der Waals surface area contributed by atoms with Gasteiger partial charge >= 0.3 is 0 Å². The maximum absolute atomic E-state index is 12.5. The molecule has 1 amide bonds. The second-order valence-electron chi connectivity index (χ2n) is 7.41. The minimum absolute atomic E-state index is 0.250. The van der Waals surface area contributed by atoms with Gasteiger partial charge < -0.3 is 14.2 Å². The van der Waals surface area contributed by atoms with Gasteiger partial charge in [-0.15, -0.1) is 0 Å². The number of fused-ring (bicyclic) bond motifs is 1. The van der Waals surface area contributed by atoms with E-state index in [1.54, 1.807) is 6.08 Å². The first-order chi connectivity index (χ1) is 15.7. The van der Waals surface area contributed by atoms with Gasteiger partial charge in [-0.3, -0.25) is 4.79 Å². The molecule has 32 heavy (non-hydrogen) atoms. The van der Waals surface area contributed by atoms with Crippen LogP contribution in [0.5, 0.6) is 0 Å². The molecule has 0 saturated heterocycles. The van der Waals surface area contributed by atoms with Gasteiger partial charge in [0.25, 0.3) is 0 Å². The fraction of sp³-hybridized carbons (Fsp3) is 0.0370. The average Bonchev–Trinajstić information content (AvgIpc) is 3.47. The summed E-state index contributed by atoms with van der Waals surface area (Å²) in [7, 11) is 0. The van der Waals surface area contributed by atoms with Gasteiger partial charge in [-0.25, -0.2) is 4.98 Å². The maximum atomic E-state index is 12.5. The third kappa shape index (κ3) is 4.09. The number of nitrogens with zero attached hydrogens (tertiary/aromatic N) is 1. The predicted molar refractivity (Wildman–Crippen MR) is 126 cm³/mol. The Balaban J connectivity index is 1.32. The Bertz CT molecular complexity index is 1390. The number of furan rings is 1. The minimum atomic E-state index is -0.250. The molecule has 5 nitrogen and oxygen atoms in total. The zero-order valence-electron chi connectivity index (χ0n) is 17.4. The van der Waals surface area contributed by atoms with E-state index in [2.05, 4.69) is 10.3 Å². The third-order valence-electron chi connectivity index (χ3n) is 5.12. The highest BCUT2D eigenvalue weighted by Gasteiger charge is 2.11. The second-order valence-corrected chi connectivity index (χ2v) is 7.41. The van der Waals surface area contributed by atoms with Crippen molar-refractivity contribution in [3.05, 3.63) is 102 Å². The van der Waals surface area contributed by atoms with Crippen LogP contribution in [0, 0.1) is 6.92 Å². The zero-order chi connectivity index (χ0) is 21.9. The number of hydrogen-bond acceptors (Lipinski definition) is 4. The van der Waals surface area contributed by atoms with Crippen molar-refractivity contribution < 1.29 is 13.6 Å². The van der Waals surface area contributed by atoms with Crippen molar-refractivity contribution in [2.45, 2.75) is 6.92 Å². The van der Waals surface area contributed by atoms with Crippen molar-refractivity contribution >= 4 is 28.8 Å². The van der Waals surface area contributed by atoms with Crippen LogP contribution in [0.25, 0.3) is 40.0 Å². The summed E-state index contributed by atoms with van der Waals surface area (Å²) in [6.45, 7) is 1.94. The first-order valence-electron chi connectivity index (χ1n) is 10.3. The smallest absolute Gasteiger partial charge is 0.248 e. The third-order valence-corrected chi connectivity index (χ3v) is 5.12. The fourth-order valence-electron chi connectivity index (χ4n) is 3.42. The highest BCUT2D eigenvalue weighted by atomic mass is 16.3. The largest absolute Gasteiger partial charge is 0.457 e. The van der Waals surface area contributed by atoms with Gasteiger partial charge in [0.1, 0.15) is 17.0 Å². The molecule has 156 valence electrons. The Kier molecular flexibility index (Phi) is 5.14. The molecule has 5 heteroatoms. The molecule has 0 radical (unpaired) electrons. The van der Waals surface area contributed by atoms with E-state index in [0.29, 0.717) is 17.3 Å². The first kappa shape index (κ1) is 19.6. The topological polar surface area (TPSA) is 68.3 Å². The standard InChI is InChI=1S/C27H20N2O3/c1-18-11-12-20(27-29-22-9-5-6-10-25(22)32-27)17-23(18)28-26(30)16-14-21-13-15-24(31-21)19-7-3-2-4-8-19/h2-17H,1H3,(H,28,30)/b16-14+. The van der Waals surface area contributed by atoms with E-state index in [1.165, 1.54) is 6.08 Å². The number of para-hydroxylation sites is 2. The molecular weight excluding hydrogens is 400 g/mol. The molecule has 0 bridgehead atoms. The number of anilines is 1. The van der Waals surface area contributed by atoms with Gasteiger partial charge in [0.15, 0.2) is 5.58 Å². The average molecular weight is 420 g/mol. The van der Waals surface area contributed by atoms with Crippen molar-refractivity contribution in [3.63, 3.8) is 0 Å². The summed E-state index contributed by atoms with van der Waals surface area (Å²) in [6, 6.07) is 26.9. The van der Waals surface area contributed by atoms with E-state index < -0.39 is 0 Å². The van der Waals surface area contributed by atoms with Crippen LogP contribution in [0.4, 0.5) is 5.69 Å². The van der Waals surface area contributed by atoms with E-state index in [4.69, 9.17) is 8.83 Å². The Morgan fingerprint density at radius 3 is 2.53 bits per heavy atom. The van der Waals surface area contributed by atoms with Crippen LogP contribution < -0.4 is 5.32 Å². The Morgan fingerprint density at radius 2 is 1.69 bits per heavy atom.